The lowest BCUT2D eigenvalue weighted by atomic mass is 10.2. The molecule has 1 atom stereocenters. The highest BCUT2D eigenvalue weighted by Crippen LogP contribution is 2.49. The molecule has 1 saturated heterocycles. The number of amides is 1. The average molecular weight is 297 g/mol. The number of rotatable bonds is 2. The molecule has 1 aromatic heterocycles. The van der Waals surface area contributed by atoms with Crippen LogP contribution in [0.25, 0.3) is 0 Å². The number of nitrogens with zero attached hydrogens (tertiary/aromatic N) is 3. The Bertz CT molecular complexity index is 548. The third-order valence-corrected chi connectivity index (χ3v) is 3.69. The van der Waals surface area contributed by atoms with E-state index >= 15 is 0 Å². The summed E-state index contributed by atoms with van der Waals surface area (Å²) in [5.74, 6) is 0.408. The second kappa shape index (κ2) is 4.68. The number of ether oxygens (including phenoxy) is 1. The maximum absolute atomic E-state index is 13.9. The lowest BCUT2D eigenvalue weighted by Gasteiger charge is -2.27. The summed E-state index contributed by atoms with van der Waals surface area (Å²) in [6.45, 7) is 6.05. The van der Waals surface area contributed by atoms with Gasteiger partial charge in [0.05, 0.1) is 6.04 Å². The molecule has 1 aromatic rings. The second-order valence-corrected chi connectivity index (χ2v) is 6.75. The minimum absolute atomic E-state index is 0.0357. The minimum Gasteiger partial charge on any atom is -0.444 e. The third kappa shape index (κ3) is 2.87. The molecule has 3 rings (SSSR count). The van der Waals surface area contributed by atoms with Crippen molar-refractivity contribution in [3.8, 4) is 0 Å². The van der Waals surface area contributed by atoms with Crippen LogP contribution in [0.5, 0.6) is 0 Å². The van der Waals surface area contributed by atoms with Crippen LogP contribution in [-0.2, 0) is 10.4 Å². The van der Waals surface area contributed by atoms with Crippen molar-refractivity contribution in [1.82, 2.24) is 15.0 Å². The number of carbonyl (C=O) groups is 1. The second-order valence-electron chi connectivity index (χ2n) is 6.75. The molecule has 1 saturated carbocycles. The number of aromatic nitrogens is 2. The van der Waals surface area contributed by atoms with E-state index in [1.807, 2.05) is 20.8 Å². The van der Waals surface area contributed by atoms with Gasteiger partial charge in [-0.1, -0.05) is 5.16 Å². The van der Waals surface area contributed by atoms with Gasteiger partial charge in [0.2, 0.25) is 0 Å². The van der Waals surface area contributed by atoms with Crippen molar-refractivity contribution < 1.29 is 18.4 Å². The zero-order chi connectivity index (χ0) is 15.3. The van der Waals surface area contributed by atoms with Crippen molar-refractivity contribution in [2.75, 3.05) is 6.54 Å². The Morgan fingerprint density at radius 3 is 2.81 bits per heavy atom. The van der Waals surface area contributed by atoms with Crippen LogP contribution in [0.15, 0.2) is 4.52 Å². The zero-order valence-corrected chi connectivity index (χ0v) is 12.6. The van der Waals surface area contributed by atoms with Gasteiger partial charge < -0.3 is 9.26 Å². The molecule has 6 nitrogen and oxygen atoms in total. The quantitative estimate of drug-likeness (QED) is 0.839. The van der Waals surface area contributed by atoms with Gasteiger partial charge in [0, 0.05) is 6.54 Å². The Hall–Kier alpha value is -1.66. The minimum atomic E-state index is -1.44. The summed E-state index contributed by atoms with van der Waals surface area (Å²) >= 11 is 0. The predicted molar refractivity (Wildman–Crippen MR) is 71.2 cm³/mol. The number of carbonyl (C=O) groups excluding carboxylic acids is 1. The summed E-state index contributed by atoms with van der Waals surface area (Å²) in [5.41, 5.74) is -2.00. The predicted octanol–water partition coefficient (Wildman–Crippen LogP) is 3.10. The van der Waals surface area contributed by atoms with E-state index in [0.717, 1.165) is 12.8 Å². The first-order valence-corrected chi connectivity index (χ1v) is 7.31. The van der Waals surface area contributed by atoms with Gasteiger partial charge in [-0.15, -0.1) is 0 Å². The van der Waals surface area contributed by atoms with Crippen LogP contribution in [0, 0.1) is 0 Å². The van der Waals surface area contributed by atoms with Gasteiger partial charge in [-0.05, 0) is 46.5 Å². The van der Waals surface area contributed by atoms with Crippen LogP contribution in [0.3, 0.4) is 0 Å². The van der Waals surface area contributed by atoms with Crippen molar-refractivity contribution in [2.45, 2.75) is 63.8 Å². The summed E-state index contributed by atoms with van der Waals surface area (Å²) < 4.78 is 24.3. The molecule has 2 aliphatic rings. The smallest absolute Gasteiger partial charge is 0.410 e. The highest BCUT2D eigenvalue weighted by Gasteiger charge is 2.51. The third-order valence-electron chi connectivity index (χ3n) is 3.69. The number of hydrogen-bond acceptors (Lipinski definition) is 5. The van der Waals surface area contributed by atoms with Gasteiger partial charge in [0.25, 0.3) is 5.89 Å². The van der Waals surface area contributed by atoms with Crippen molar-refractivity contribution in [1.29, 1.82) is 0 Å². The van der Waals surface area contributed by atoms with E-state index in [1.165, 1.54) is 0 Å². The van der Waals surface area contributed by atoms with E-state index in [0.29, 0.717) is 25.2 Å². The maximum Gasteiger partial charge on any atom is 0.410 e. The topological polar surface area (TPSA) is 68.5 Å². The Balaban J connectivity index is 1.74. The largest absolute Gasteiger partial charge is 0.444 e. The van der Waals surface area contributed by atoms with Crippen LogP contribution in [-0.4, -0.2) is 33.3 Å². The van der Waals surface area contributed by atoms with Gasteiger partial charge in [0.1, 0.15) is 5.60 Å². The van der Waals surface area contributed by atoms with Gasteiger partial charge in [-0.25, -0.2) is 9.18 Å². The van der Waals surface area contributed by atoms with E-state index < -0.39 is 17.4 Å². The molecule has 2 fully saturated rings. The van der Waals surface area contributed by atoms with Crippen LogP contribution in [0.1, 0.15) is 64.2 Å². The van der Waals surface area contributed by atoms with E-state index in [2.05, 4.69) is 10.1 Å². The molecule has 116 valence electrons. The Morgan fingerprint density at radius 1 is 1.48 bits per heavy atom. The molecule has 0 radical (unpaired) electrons. The van der Waals surface area contributed by atoms with Gasteiger partial charge in [0.15, 0.2) is 11.5 Å². The van der Waals surface area contributed by atoms with Gasteiger partial charge in [-0.3, -0.25) is 4.90 Å². The number of halogens is 1. The molecular formula is C14H20FN3O3. The Kier molecular flexibility index (Phi) is 3.18. The van der Waals surface area contributed by atoms with Crippen molar-refractivity contribution in [2.24, 2.45) is 0 Å². The molecule has 1 amide bonds. The summed E-state index contributed by atoms with van der Waals surface area (Å²) in [7, 11) is 0. The molecule has 0 aromatic carbocycles. The normalized spacial score (nSPS) is 24.2. The monoisotopic (exact) mass is 297 g/mol. The van der Waals surface area contributed by atoms with Crippen LogP contribution in [0.4, 0.5) is 9.18 Å². The summed E-state index contributed by atoms with van der Waals surface area (Å²) in [5, 5.41) is 3.86. The highest BCUT2D eigenvalue weighted by molar-refractivity contribution is 5.69. The molecule has 0 N–H and O–H groups in total. The summed E-state index contributed by atoms with van der Waals surface area (Å²) in [4.78, 5) is 18.0. The first kappa shape index (κ1) is 14.3. The van der Waals surface area contributed by atoms with Crippen molar-refractivity contribution >= 4 is 6.09 Å². The fourth-order valence-corrected chi connectivity index (χ4v) is 2.45. The Morgan fingerprint density at radius 2 is 2.19 bits per heavy atom. The summed E-state index contributed by atoms with van der Waals surface area (Å²) in [6.07, 6.45) is 2.04. The molecular weight excluding hydrogens is 277 g/mol. The van der Waals surface area contributed by atoms with Crippen LogP contribution < -0.4 is 0 Å². The van der Waals surface area contributed by atoms with Gasteiger partial charge >= 0.3 is 6.09 Å². The van der Waals surface area contributed by atoms with Crippen molar-refractivity contribution in [3.05, 3.63) is 11.7 Å². The maximum atomic E-state index is 13.9. The van der Waals surface area contributed by atoms with E-state index in [-0.39, 0.29) is 11.9 Å². The van der Waals surface area contributed by atoms with Gasteiger partial charge in [-0.2, -0.15) is 4.98 Å². The van der Waals surface area contributed by atoms with Crippen LogP contribution >= 0.6 is 0 Å². The molecule has 21 heavy (non-hydrogen) atoms. The molecule has 7 heteroatoms. The number of likely N-dealkylation sites (tertiary alicyclic amines) is 1. The standard InChI is InChI=1S/C14H20FN3O3/c1-13(2,3)20-12(19)18-8-4-5-9(18)10-16-11(21-17-10)14(15)6-7-14/h9H,4-8H2,1-3H3. The fraction of sp³-hybridized carbons (Fsp3) is 0.786. The molecule has 0 bridgehead atoms. The van der Waals surface area contributed by atoms with Crippen LogP contribution in [0.2, 0.25) is 0 Å². The first-order chi connectivity index (χ1) is 9.78. The number of alkyl halides is 1. The van der Waals surface area contributed by atoms with E-state index in [1.54, 1.807) is 4.90 Å². The molecule has 1 aliphatic heterocycles. The number of hydrogen-bond donors (Lipinski definition) is 0. The lowest BCUT2D eigenvalue weighted by molar-refractivity contribution is 0.0217. The zero-order valence-electron chi connectivity index (χ0n) is 12.6. The fourth-order valence-electron chi connectivity index (χ4n) is 2.45. The molecule has 0 spiro atoms. The molecule has 1 unspecified atom stereocenters. The van der Waals surface area contributed by atoms with E-state index in [9.17, 15) is 9.18 Å². The first-order valence-electron chi connectivity index (χ1n) is 7.31. The van der Waals surface area contributed by atoms with E-state index in [4.69, 9.17) is 9.26 Å². The summed E-state index contributed by atoms with van der Waals surface area (Å²) in [6, 6.07) is -0.292. The Labute approximate surface area is 122 Å². The molecule has 1 aliphatic carbocycles. The average Bonchev–Trinajstić information content (AvgIpc) is 2.87. The highest BCUT2D eigenvalue weighted by atomic mass is 19.1. The lowest BCUT2D eigenvalue weighted by Crippen LogP contribution is -2.36. The van der Waals surface area contributed by atoms with Crippen molar-refractivity contribution in [3.63, 3.8) is 0 Å². The molecule has 2 heterocycles. The SMILES string of the molecule is CC(C)(C)OC(=O)N1CCCC1c1noc(C2(F)CC2)n1.